The second-order valence-electron chi connectivity index (χ2n) is 7.82. The molecule has 0 aliphatic rings. The number of pyridine rings is 1. The van der Waals surface area contributed by atoms with Crippen LogP contribution in [0.4, 0.5) is 24.8 Å². The van der Waals surface area contributed by atoms with Gasteiger partial charge in [-0.05, 0) is 43.3 Å². The first-order chi connectivity index (χ1) is 18.0. The van der Waals surface area contributed by atoms with Gasteiger partial charge in [0, 0.05) is 22.7 Å². The van der Waals surface area contributed by atoms with Gasteiger partial charge in [0.2, 0.25) is 0 Å². The molecule has 0 amide bonds. The lowest BCUT2D eigenvalue weighted by Gasteiger charge is -2.12. The minimum Gasteiger partial charge on any atom is -0.323 e. The SMILES string of the molecule is Cc1c(Nc2ccc(C(F)(F)F)nn2)ncnc1-c1ccc2cccnc2c1.O=S(=O)(O)c1ccccc1. The molecule has 0 saturated heterocycles. The van der Waals surface area contributed by atoms with E-state index in [0.29, 0.717) is 11.5 Å². The van der Waals surface area contributed by atoms with E-state index in [1.54, 1.807) is 24.4 Å². The summed E-state index contributed by atoms with van der Waals surface area (Å²) in [6, 6.07) is 19.1. The largest absolute Gasteiger partial charge is 0.435 e. The number of benzene rings is 2. The number of alkyl halides is 3. The van der Waals surface area contributed by atoms with Gasteiger partial charge in [0.25, 0.3) is 10.1 Å². The first kappa shape index (κ1) is 26.6. The maximum atomic E-state index is 12.6. The molecule has 2 aromatic carbocycles. The topological polar surface area (TPSA) is 131 Å². The summed E-state index contributed by atoms with van der Waals surface area (Å²) in [5.41, 5.74) is 2.04. The van der Waals surface area contributed by atoms with E-state index in [4.69, 9.17) is 4.55 Å². The maximum absolute atomic E-state index is 12.6. The molecule has 5 aromatic rings. The van der Waals surface area contributed by atoms with Crippen LogP contribution >= 0.6 is 0 Å². The van der Waals surface area contributed by atoms with Gasteiger partial charge in [-0.15, -0.1) is 10.2 Å². The first-order valence-corrected chi connectivity index (χ1v) is 12.3. The van der Waals surface area contributed by atoms with Crippen molar-refractivity contribution in [3.8, 4) is 11.3 Å². The highest BCUT2D eigenvalue weighted by molar-refractivity contribution is 7.85. The number of hydrogen-bond acceptors (Lipinski definition) is 8. The monoisotopic (exact) mass is 540 g/mol. The third kappa shape index (κ3) is 6.44. The molecule has 0 aliphatic carbocycles. The van der Waals surface area contributed by atoms with Gasteiger partial charge in [-0.1, -0.05) is 36.4 Å². The third-order valence-electron chi connectivity index (χ3n) is 5.21. The van der Waals surface area contributed by atoms with Crippen LogP contribution < -0.4 is 5.32 Å². The number of hydrogen-bond donors (Lipinski definition) is 2. The first-order valence-electron chi connectivity index (χ1n) is 10.9. The van der Waals surface area contributed by atoms with Gasteiger partial charge in [-0.25, -0.2) is 9.97 Å². The Balaban J connectivity index is 0.000000283. The van der Waals surface area contributed by atoms with Gasteiger partial charge < -0.3 is 5.32 Å². The van der Waals surface area contributed by atoms with E-state index in [9.17, 15) is 21.6 Å². The van der Waals surface area contributed by atoms with Gasteiger partial charge in [0.15, 0.2) is 11.5 Å². The Morgan fingerprint density at radius 1 is 0.868 bits per heavy atom. The van der Waals surface area contributed by atoms with Crippen molar-refractivity contribution < 1.29 is 26.1 Å². The van der Waals surface area contributed by atoms with E-state index in [2.05, 4.69) is 30.5 Å². The van der Waals surface area contributed by atoms with Crippen LogP contribution in [0.5, 0.6) is 0 Å². The number of anilines is 2. The standard InChI is InChI=1S/C19H13F3N6.C6H6O3S/c1-11-17(13-5-4-12-3-2-8-23-14(12)9-13)24-10-25-18(11)26-16-7-6-15(27-28-16)19(20,21)22;7-10(8,9)6-4-2-1-3-5-6/h2-10H,1H3,(H,24,25,26,28);1-5H,(H,7,8,9). The summed E-state index contributed by atoms with van der Waals surface area (Å²) < 4.78 is 67.1. The fourth-order valence-electron chi connectivity index (χ4n) is 3.34. The van der Waals surface area contributed by atoms with E-state index in [-0.39, 0.29) is 10.7 Å². The molecule has 0 atom stereocenters. The Morgan fingerprint density at radius 3 is 2.26 bits per heavy atom. The van der Waals surface area contributed by atoms with E-state index in [1.807, 2.05) is 37.3 Å². The molecule has 5 rings (SSSR count). The summed E-state index contributed by atoms with van der Waals surface area (Å²) in [6.07, 6.45) is -1.44. The summed E-state index contributed by atoms with van der Waals surface area (Å²) in [6.45, 7) is 1.82. The highest BCUT2D eigenvalue weighted by Crippen LogP contribution is 2.30. The molecule has 13 heteroatoms. The third-order valence-corrected chi connectivity index (χ3v) is 6.07. The van der Waals surface area contributed by atoms with Gasteiger partial charge in [-0.2, -0.15) is 21.6 Å². The van der Waals surface area contributed by atoms with Crippen LogP contribution in [0, 0.1) is 6.92 Å². The summed E-state index contributed by atoms with van der Waals surface area (Å²) in [7, 11) is -4.00. The van der Waals surface area contributed by atoms with Crippen LogP contribution in [0.3, 0.4) is 0 Å². The predicted molar refractivity (Wildman–Crippen MR) is 134 cm³/mol. The molecule has 0 bridgehead atoms. The lowest BCUT2D eigenvalue weighted by Crippen LogP contribution is -2.10. The highest BCUT2D eigenvalue weighted by Gasteiger charge is 2.32. The van der Waals surface area contributed by atoms with Crippen LogP contribution in [-0.2, 0) is 16.3 Å². The van der Waals surface area contributed by atoms with E-state index < -0.39 is 22.0 Å². The summed E-state index contributed by atoms with van der Waals surface area (Å²) in [5, 5.41) is 10.7. The van der Waals surface area contributed by atoms with Crippen molar-refractivity contribution in [2.75, 3.05) is 5.32 Å². The van der Waals surface area contributed by atoms with E-state index in [0.717, 1.165) is 28.1 Å². The summed E-state index contributed by atoms with van der Waals surface area (Å²) >= 11 is 0. The molecule has 3 heterocycles. The quantitative estimate of drug-likeness (QED) is 0.284. The second kappa shape index (κ2) is 10.9. The van der Waals surface area contributed by atoms with Crippen LogP contribution in [0.1, 0.15) is 11.3 Å². The van der Waals surface area contributed by atoms with Crippen LogP contribution in [0.25, 0.3) is 22.2 Å². The Labute approximate surface area is 215 Å². The average Bonchev–Trinajstić information content (AvgIpc) is 2.90. The second-order valence-corrected chi connectivity index (χ2v) is 9.24. The molecular formula is C25H19F3N6O3S. The molecule has 38 heavy (non-hydrogen) atoms. The van der Waals surface area contributed by atoms with Gasteiger partial charge in [-0.3, -0.25) is 9.54 Å². The van der Waals surface area contributed by atoms with Crippen molar-refractivity contribution in [3.63, 3.8) is 0 Å². The van der Waals surface area contributed by atoms with E-state index in [1.165, 1.54) is 24.5 Å². The zero-order valence-corrected chi connectivity index (χ0v) is 20.4. The van der Waals surface area contributed by atoms with Crippen molar-refractivity contribution >= 4 is 32.7 Å². The lowest BCUT2D eigenvalue weighted by atomic mass is 10.0. The predicted octanol–water partition coefficient (Wildman–Crippen LogP) is 5.49. The van der Waals surface area contributed by atoms with Gasteiger partial charge in [0.05, 0.1) is 16.1 Å². The van der Waals surface area contributed by atoms with Gasteiger partial charge in [0.1, 0.15) is 12.1 Å². The van der Waals surface area contributed by atoms with Crippen LogP contribution in [0.15, 0.2) is 90.2 Å². The Kier molecular flexibility index (Phi) is 7.60. The van der Waals surface area contributed by atoms with Crippen molar-refractivity contribution in [1.82, 2.24) is 25.1 Å². The normalized spacial score (nSPS) is 11.5. The zero-order valence-electron chi connectivity index (χ0n) is 19.6. The smallest absolute Gasteiger partial charge is 0.323 e. The molecule has 3 aromatic heterocycles. The molecular weight excluding hydrogens is 521 g/mol. The molecule has 194 valence electrons. The zero-order chi connectivity index (χ0) is 27.3. The fourth-order valence-corrected chi connectivity index (χ4v) is 3.85. The number of rotatable bonds is 4. The number of aromatic nitrogens is 5. The molecule has 9 nitrogen and oxygen atoms in total. The Bertz CT molecular complexity index is 1670. The molecule has 0 spiro atoms. The van der Waals surface area contributed by atoms with Crippen LogP contribution in [0.2, 0.25) is 0 Å². The van der Waals surface area contributed by atoms with E-state index >= 15 is 0 Å². The minimum absolute atomic E-state index is 0.0741. The minimum atomic E-state index is -4.53. The van der Waals surface area contributed by atoms with Crippen LogP contribution in [-0.4, -0.2) is 38.1 Å². The fraction of sp³-hybridized carbons (Fsp3) is 0.0800. The van der Waals surface area contributed by atoms with Crippen molar-refractivity contribution in [2.24, 2.45) is 0 Å². The maximum Gasteiger partial charge on any atom is 0.435 e. The Morgan fingerprint density at radius 2 is 1.63 bits per heavy atom. The Hall–Kier alpha value is -4.49. The number of fused-ring (bicyclic) bond motifs is 1. The summed E-state index contributed by atoms with van der Waals surface area (Å²) in [5.74, 6) is 0.584. The molecule has 0 aliphatic heterocycles. The number of nitrogens with one attached hydrogen (secondary N) is 1. The lowest BCUT2D eigenvalue weighted by molar-refractivity contribution is -0.141. The molecule has 0 fully saturated rings. The molecule has 0 saturated carbocycles. The molecule has 0 unspecified atom stereocenters. The average molecular weight is 541 g/mol. The number of nitrogens with zero attached hydrogens (tertiary/aromatic N) is 5. The van der Waals surface area contributed by atoms with Crippen molar-refractivity contribution in [1.29, 1.82) is 0 Å². The van der Waals surface area contributed by atoms with Crippen molar-refractivity contribution in [2.45, 2.75) is 18.0 Å². The highest BCUT2D eigenvalue weighted by atomic mass is 32.2. The molecule has 0 radical (unpaired) electrons. The summed E-state index contributed by atoms with van der Waals surface area (Å²) in [4.78, 5) is 12.8. The van der Waals surface area contributed by atoms with Gasteiger partial charge >= 0.3 is 6.18 Å². The molecule has 2 N–H and O–H groups in total. The van der Waals surface area contributed by atoms with Crippen molar-refractivity contribution in [3.05, 3.63) is 96.6 Å². The number of halogens is 3.